The van der Waals surface area contributed by atoms with Crippen molar-refractivity contribution in [1.29, 1.82) is 0 Å². The fourth-order valence-electron chi connectivity index (χ4n) is 0. The second kappa shape index (κ2) is 22.4. The van der Waals surface area contributed by atoms with E-state index in [1.54, 1.807) is 0 Å². The first-order valence-electron chi connectivity index (χ1n) is 0. The molecule has 4 heavy (non-hydrogen) atoms. The molecule has 4 heteroatoms. The Balaban J connectivity index is 0. The zero-order chi connectivity index (χ0) is 0. The first kappa shape index (κ1) is 44.0. The van der Waals surface area contributed by atoms with Crippen molar-refractivity contribution in [2.75, 3.05) is 0 Å². The predicted octanol–water partition coefficient (Wildman–Crippen LogP) is -4.64. The molecule has 2 N–H and O–H groups in total. The van der Waals surface area contributed by atoms with Gasteiger partial charge in [0.2, 0.25) is 0 Å². The maximum Gasteiger partial charge on any atom is -0.0149 e. The van der Waals surface area contributed by atoms with Gasteiger partial charge in [0.1, 0.15) is 0 Å². The topological polar surface area (TPSA) is 31.5 Å². The molecule has 0 aromatic carbocycles. The van der Waals surface area contributed by atoms with Gasteiger partial charge in [-0.15, -0.1) is 0 Å². The molecule has 0 atom stereocenters. The molecule has 0 rings (SSSR count). The molecule has 0 unspecified atom stereocenters. The van der Waals surface area contributed by atoms with Crippen LogP contribution in [0, 0.1) is 0 Å². The second-order valence-corrected chi connectivity index (χ2v) is 0. The SMILES string of the molecule is O.[GaH3].[InH3].[SiH4]. The van der Waals surface area contributed by atoms with E-state index < -0.39 is 0 Å². The number of rotatable bonds is 0. The average Bonchev–Trinajstić information content (AvgIpc) is 0. The molecule has 0 bridgehead atoms. The van der Waals surface area contributed by atoms with Crippen molar-refractivity contribution >= 4 is 56.6 Å². The molecule has 0 aromatic heterocycles. The molecule has 0 amide bonds. The van der Waals surface area contributed by atoms with E-state index in [4.69, 9.17) is 0 Å². The normalized spacial score (nSPS) is 0. The standard InChI is InChI=1S/Ga.In.H2O.H4Si.6H/h;;1H2;1H4;;;;;;. The van der Waals surface area contributed by atoms with Crippen LogP contribution in [-0.2, 0) is 0 Å². The molecule has 1 nitrogen and oxygen atoms in total. The summed E-state index contributed by atoms with van der Waals surface area (Å²) in [6.07, 6.45) is 0. The smallest absolute Gasteiger partial charge is 0.0149 e. The maximum atomic E-state index is 0. The Morgan fingerprint density at radius 1 is 1.00 bits per heavy atom. The number of hydrogen-bond acceptors (Lipinski definition) is 0. The first-order chi connectivity index (χ1) is 0. The van der Waals surface area contributed by atoms with Crippen molar-refractivity contribution in [1.82, 2.24) is 0 Å². The molecule has 0 radical (unpaired) electrons. The summed E-state index contributed by atoms with van der Waals surface area (Å²) in [7, 11) is 0. The van der Waals surface area contributed by atoms with Crippen LogP contribution < -0.4 is 0 Å². The van der Waals surface area contributed by atoms with Crippen LogP contribution in [0.5, 0.6) is 0 Å². The van der Waals surface area contributed by atoms with Gasteiger partial charge in [-0.3, -0.25) is 0 Å². The van der Waals surface area contributed by atoms with Crippen molar-refractivity contribution in [3.8, 4) is 0 Å². The van der Waals surface area contributed by atoms with Crippen LogP contribution in [-0.4, -0.2) is 62.1 Å². The largest absolute Gasteiger partial charge is 0.0149 e. The fourth-order valence-corrected chi connectivity index (χ4v) is 0. The molecule has 0 aliphatic heterocycles. The molecule has 28 valence electrons. The van der Waals surface area contributed by atoms with Gasteiger partial charge in [-0.2, -0.15) is 0 Å². The molecule has 0 aliphatic rings. The first-order valence-corrected chi connectivity index (χ1v) is 0. The predicted molar refractivity (Wildman–Crippen MR) is 34.8 cm³/mol. The monoisotopic (exact) mass is 240 g/mol. The van der Waals surface area contributed by atoms with Gasteiger partial charge in [-0.25, -0.2) is 0 Å². The molecular formula is H12GaInOSi. The van der Waals surface area contributed by atoms with E-state index in [1.807, 2.05) is 0 Å². The summed E-state index contributed by atoms with van der Waals surface area (Å²) in [4.78, 5) is 0. The second-order valence-electron chi connectivity index (χ2n) is 0. The van der Waals surface area contributed by atoms with Crippen LogP contribution in [0.1, 0.15) is 0 Å². The van der Waals surface area contributed by atoms with E-state index in [1.165, 1.54) is 0 Å². The molecule has 0 heterocycles. The Kier molecular flexibility index (Phi) is 247. The van der Waals surface area contributed by atoms with Gasteiger partial charge >= 0.3 is 45.6 Å². The van der Waals surface area contributed by atoms with Gasteiger partial charge < -0.3 is 5.48 Å². The van der Waals surface area contributed by atoms with Gasteiger partial charge in [0.15, 0.2) is 0 Å². The zero-order valence-electron chi connectivity index (χ0n) is 0.500. The Morgan fingerprint density at radius 3 is 1.00 bits per heavy atom. The van der Waals surface area contributed by atoms with Gasteiger partial charge in [0.05, 0.1) is 0 Å². The summed E-state index contributed by atoms with van der Waals surface area (Å²) >= 11 is 0. The van der Waals surface area contributed by atoms with Crippen molar-refractivity contribution < 1.29 is 5.48 Å². The maximum absolute atomic E-state index is 0. The minimum absolute atomic E-state index is 0. The van der Waals surface area contributed by atoms with Crippen LogP contribution in [0.2, 0.25) is 0 Å². The van der Waals surface area contributed by atoms with Crippen molar-refractivity contribution in [3.05, 3.63) is 0 Å². The summed E-state index contributed by atoms with van der Waals surface area (Å²) in [5.41, 5.74) is 0. The van der Waals surface area contributed by atoms with Crippen LogP contribution in [0.15, 0.2) is 0 Å². The van der Waals surface area contributed by atoms with Crippen LogP contribution in [0.25, 0.3) is 0 Å². The fraction of sp³-hybridized carbons (Fsp3) is 0. The molecule has 0 spiro atoms. The summed E-state index contributed by atoms with van der Waals surface area (Å²) in [5, 5.41) is 0. The van der Waals surface area contributed by atoms with Gasteiger partial charge in [-0.05, 0) is 11.0 Å². The molecule has 0 saturated heterocycles. The van der Waals surface area contributed by atoms with Crippen LogP contribution >= 0.6 is 0 Å². The van der Waals surface area contributed by atoms with E-state index in [0.29, 0.717) is 0 Å². The molecule has 0 aliphatic carbocycles. The third kappa shape index (κ3) is 9.36. The quantitative estimate of drug-likeness (QED) is 0.382. The van der Waals surface area contributed by atoms with Gasteiger partial charge in [-0.1, -0.05) is 0 Å². The van der Waals surface area contributed by atoms with E-state index >= 15 is 0 Å². The van der Waals surface area contributed by atoms with E-state index in [9.17, 15) is 0 Å². The third-order valence-corrected chi connectivity index (χ3v) is 0. The van der Waals surface area contributed by atoms with Crippen LogP contribution in [0.3, 0.4) is 0 Å². The Labute approximate surface area is 61.7 Å². The van der Waals surface area contributed by atoms with Gasteiger partial charge in [0, 0.05) is 0 Å². The van der Waals surface area contributed by atoms with E-state index in [2.05, 4.69) is 0 Å². The summed E-state index contributed by atoms with van der Waals surface area (Å²) in [6.45, 7) is 0. The molecule has 0 fully saturated rings. The Hall–Kier alpha value is 1.68. The average molecular weight is 241 g/mol. The van der Waals surface area contributed by atoms with Crippen molar-refractivity contribution in [2.24, 2.45) is 0 Å². The Morgan fingerprint density at radius 2 is 1.00 bits per heavy atom. The zero-order valence-corrected chi connectivity index (χ0v) is 0.500. The summed E-state index contributed by atoms with van der Waals surface area (Å²) < 4.78 is 0. The number of hydrogen-bond donors (Lipinski definition) is 0. The third-order valence-electron chi connectivity index (χ3n) is 0. The molecule has 0 saturated carbocycles. The summed E-state index contributed by atoms with van der Waals surface area (Å²) in [5.74, 6) is 0. The Bertz CT molecular complexity index is 8.00. The minimum Gasteiger partial charge on any atom is -0.0149 e. The van der Waals surface area contributed by atoms with Gasteiger partial charge in [0.25, 0.3) is 0 Å². The van der Waals surface area contributed by atoms with Crippen molar-refractivity contribution in [3.63, 3.8) is 0 Å². The van der Waals surface area contributed by atoms with E-state index in [-0.39, 0.29) is 62.1 Å². The van der Waals surface area contributed by atoms with Crippen molar-refractivity contribution in [2.45, 2.75) is 0 Å². The summed E-state index contributed by atoms with van der Waals surface area (Å²) in [6, 6.07) is 0. The minimum atomic E-state index is 0. The van der Waals surface area contributed by atoms with Crippen LogP contribution in [0.4, 0.5) is 0 Å². The van der Waals surface area contributed by atoms with E-state index in [0.717, 1.165) is 0 Å². The molecular weight excluding hydrogens is 229 g/mol. The molecule has 0 aromatic rings.